The number of hydrogen-bond donors (Lipinski definition) is 1. The maximum atomic E-state index is 11.1. The van der Waals surface area contributed by atoms with Crippen molar-refractivity contribution < 1.29 is 16.8 Å². The second-order valence-electron chi connectivity index (χ2n) is 3.12. The smallest absolute Gasteiger partial charge is 0.229 e. The van der Waals surface area contributed by atoms with Gasteiger partial charge in [-0.2, -0.15) is 12.7 Å². The lowest BCUT2D eigenvalue weighted by Gasteiger charge is -2.30. The van der Waals surface area contributed by atoms with Crippen LogP contribution >= 0.6 is 0 Å². The first kappa shape index (κ1) is 10.9. The van der Waals surface area contributed by atoms with Crippen molar-refractivity contribution >= 4 is 20.0 Å². The fourth-order valence-electron chi connectivity index (χ4n) is 1.36. The first-order valence-corrected chi connectivity index (χ1v) is 7.05. The molecule has 0 saturated carbocycles. The molecule has 0 radical (unpaired) electrons. The van der Waals surface area contributed by atoms with E-state index in [1.807, 2.05) is 0 Å². The molecule has 1 aliphatic rings. The van der Waals surface area contributed by atoms with Gasteiger partial charge in [-0.3, -0.25) is 0 Å². The molecule has 6 nitrogen and oxygen atoms in total. The number of rotatable bonds is 1. The monoisotopic (exact) mass is 228 g/mol. The van der Waals surface area contributed by atoms with Gasteiger partial charge in [0.25, 0.3) is 10.2 Å². The topological polar surface area (TPSA) is 97.5 Å². The molecule has 1 rings (SSSR count). The van der Waals surface area contributed by atoms with Gasteiger partial charge in [-0.15, -0.1) is 0 Å². The number of nitrogens with two attached hydrogens (primary N) is 1. The summed E-state index contributed by atoms with van der Waals surface area (Å²) in [4.78, 5) is 0. The highest BCUT2D eigenvalue weighted by atomic mass is 32.2. The third-order valence-corrected chi connectivity index (χ3v) is 4.93. The second-order valence-corrected chi connectivity index (χ2v) is 6.85. The third kappa shape index (κ3) is 2.63. The van der Waals surface area contributed by atoms with Gasteiger partial charge in [0.1, 0.15) is 0 Å². The summed E-state index contributed by atoms with van der Waals surface area (Å²) in [5.74, 6) is -0.294. The highest BCUT2D eigenvalue weighted by Crippen LogP contribution is 2.12. The summed E-state index contributed by atoms with van der Waals surface area (Å²) in [6.45, 7) is 1.49. The molecule has 13 heavy (non-hydrogen) atoms. The van der Waals surface area contributed by atoms with Crippen LogP contribution in [0.1, 0.15) is 6.92 Å². The Morgan fingerprint density at radius 2 is 2.00 bits per heavy atom. The van der Waals surface area contributed by atoms with Crippen molar-refractivity contribution in [2.75, 3.05) is 18.1 Å². The summed E-state index contributed by atoms with van der Waals surface area (Å²) < 4.78 is 45.0. The normalized spacial score (nSPS) is 30.2. The Morgan fingerprint density at radius 3 is 2.38 bits per heavy atom. The molecular formula is C5H12N2O4S2. The summed E-state index contributed by atoms with van der Waals surface area (Å²) in [5, 5.41) is 4.89. The molecule has 0 amide bonds. The van der Waals surface area contributed by atoms with Crippen molar-refractivity contribution in [3.05, 3.63) is 0 Å². The quantitative estimate of drug-likeness (QED) is 0.579. The van der Waals surface area contributed by atoms with Gasteiger partial charge in [-0.1, -0.05) is 0 Å². The van der Waals surface area contributed by atoms with E-state index < -0.39 is 26.1 Å². The first-order valence-electron chi connectivity index (χ1n) is 3.72. The van der Waals surface area contributed by atoms with Crippen LogP contribution in [-0.4, -0.2) is 45.2 Å². The predicted octanol–water partition coefficient (Wildman–Crippen LogP) is -1.69. The largest absolute Gasteiger partial charge is 0.277 e. The molecule has 1 aliphatic heterocycles. The lowest BCUT2D eigenvalue weighted by atomic mass is 10.4. The van der Waals surface area contributed by atoms with Crippen molar-refractivity contribution in [3.63, 3.8) is 0 Å². The Labute approximate surface area is 77.8 Å². The molecule has 1 heterocycles. The molecular weight excluding hydrogens is 216 g/mol. The lowest BCUT2D eigenvalue weighted by Crippen LogP contribution is -2.51. The van der Waals surface area contributed by atoms with E-state index in [9.17, 15) is 16.8 Å². The third-order valence-electron chi connectivity index (χ3n) is 1.94. The van der Waals surface area contributed by atoms with Gasteiger partial charge in [-0.05, 0) is 6.92 Å². The molecule has 1 saturated heterocycles. The standard InChI is InChI=1S/C5H12N2O4S2/c1-5-4-12(8,9)3-2-7(5)13(6,10)11/h5H,2-4H2,1H3,(H2,6,10,11). The fourth-order valence-corrected chi connectivity index (χ4v) is 4.05. The van der Waals surface area contributed by atoms with E-state index in [2.05, 4.69) is 0 Å². The molecule has 0 spiro atoms. The zero-order chi connectivity index (χ0) is 10.3. The lowest BCUT2D eigenvalue weighted by molar-refractivity contribution is 0.357. The van der Waals surface area contributed by atoms with Gasteiger partial charge in [0, 0.05) is 12.6 Å². The van der Waals surface area contributed by atoms with Gasteiger partial charge in [-0.25, -0.2) is 13.6 Å². The van der Waals surface area contributed by atoms with Crippen molar-refractivity contribution in [3.8, 4) is 0 Å². The van der Waals surface area contributed by atoms with Gasteiger partial charge >= 0.3 is 0 Å². The number of nitrogens with zero attached hydrogens (tertiary/aromatic N) is 1. The van der Waals surface area contributed by atoms with Crippen LogP contribution in [0.2, 0.25) is 0 Å². The van der Waals surface area contributed by atoms with Crippen molar-refractivity contribution in [2.45, 2.75) is 13.0 Å². The van der Waals surface area contributed by atoms with Gasteiger partial charge in [0.05, 0.1) is 11.5 Å². The molecule has 0 aromatic rings. The van der Waals surface area contributed by atoms with Crippen LogP contribution in [-0.2, 0) is 20.0 Å². The van der Waals surface area contributed by atoms with E-state index >= 15 is 0 Å². The molecule has 0 aromatic carbocycles. The van der Waals surface area contributed by atoms with Crippen molar-refractivity contribution in [1.29, 1.82) is 0 Å². The second kappa shape index (κ2) is 3.19. The predicted molar refractivity (Wildman–Crippen MR) is 47.9 cm³/mol. The van der Waals surface area contributed by atoms with Gasteiger partial charge in [0.15, 0.2) is 9.84 Å². The highest BCUT2D eigenvalue weighted by molar-refractivity contribution is 7.91. The Kier molecular flexibility index (Phi) is 2.68. The Balaban J connectivity index is 2.88. The average Bonchev–Trinajstić information content (AvgIpc) is 1.80. The van der Waals surface area contributed by atoms with E-state index in [1.54, 1.807) is 0 Å². The molecule has 2 N–H and O–H groups in total. The van der Waals surface area contributed by atoms with E-state index in [4.69, 9.17) is 5.14 Å². The van der Waals surface area contributed by atoms with Crippen LogP contribution in [0.15, 0.2) is 0 Å². The Bertz CT molecular complexity index is 385. The summed E-state index contributed by atoms with van der Waals surface area (Å²) in [6, 6.07) is -0.561. The van der Waals surface area contributed by atoms with Crippen LogP contribution < -0.4 is 5.14 Å². The number of hydrogen-bond acceptors (Lipinski definition) is 4. The molecule has 0 aromatic heterocycles. The molecule has 8 heteroatoms. The van der Waals surface area contributed by atoms with E-state index in [0.717, 1.165) is 4.31 Å². The number of sulfone groups is 1. The van der Waals surface area contributed by atoms with Crippen molar-refractivity contribution in [1.82, 2.24) is 4.31 Å². The highest BCUT2D eigenvalue weighted by Gasteiger charge is 2.33. The Morgan fingerprint density at radius 1 is 1.46 bits per heavy atom. The van der Waals surface area contributed by atoms with Crippen LogP contribution in [0.3, 0.4) is 0 Å². The summed E-state index contributed by atoms with van der Waals surface area (Å²) in [6.07, 6.45) is 0. The molecule has 1 atom stereocenters. The van der Waals surface area contributed by atoms with Crippen LogP contribution in [0.5, 0.6) is 0 Å². The van der Waals surface area contributed by atoms with E-state index in [0.29, 0.717) is 0 Å². The summed E-state index contributed by atoms with van der Waals surface area (Å²) in [5.41, 5.74) is 0. The fraction of sp³-hybridized carbons (Fsp3) is 1.00. The molecule has 1 fully saturated rings. The molecule has 1 unspecified atom stereocenters. The van der Waals surface area contributed by atoms with Gasteiger partial charge in [0.2, 0.25) is 0 Å². The zero-order valence-electron chi connectivity index (χ0n) is 7.17. The van der Waals surface area contributed by atoms with E-state index in [1.165, 1.54) is 6.92 Å². The minimum absolute atomic E-state index is 0.0394. The summed E-state index contributed by atoms with van der Waals surface area (Å²) >= 11 is 0. The minimum Gasteiger partial charge on any atom is -0.229 e. The molecule has 0 bridgehead atoms. The average molecular weight is 228 g/mol. The molecule has 78 valence electrons. The molecule has 0 aliphatic carbocycles. The maximum Gasteiger partial charge on any atom is 0.277 e. The first-order chi connectivity index (χ1) is 5.72. The van der Waals surface area contributed by atoms with Crippen LogP contribution in [0.4, 0.5) is 0 Å². The summed E-state index contributed by atoms with van der Waals surface area (Å²) in [7, 11) is -6.84. The SMILES string of the molecule is CC1CS(=O)(=O)CCN1S(N)(=O)=O. The van der Waals surface area contributed by atoms with Crippen molar-refractivity contribution in [2.24, 2.45) is 5.14 Å². The van der Waals surface area contributed by atoms with Crippen LogP contribution in [0, 0.1) is 0 Å². The maximum absolute atomic E-state index is 11.1. The zero-order valence-corrected chi connectivity index (χ0v) is 8.81. The van der Waals surface area contributed by atoms with E-state index in [-0.39, 0.29) is 18.1 Å². The van der Waals surface area contributed by atoms with Crippen LogP contribution in [0.25, 0.3) is 0 Å². The Hall–Kier alpha value is -0.180. The van der Waals surface area contributed by atoms with Gasteiger partial charge < -0.3 is 0 Å². The minimum atomic E-state index is -3.76.